The first-order chi connectivity index (χ1) is 7.27. The molecular weight excluding hydrogens is 216 g/mol. The van der Waals surface area contributed by atoms with Crippen LogP contribution in [0.3, 0.4) is 0 Å². The molecule has 6 nitrogen and oxygen atoms in total. The maximum Gasteiger partial charge on any atom is 0.174 e. The first kappa shape index (κ1) is 8.60. The number of H-pyrrole nitrogens is 1. The van der Waals surface area contributed by atoms with Gasteiger partial charge in [-0.3, -0.25) is 5.10 Å². The Bertz CT molecular complexity index is 513. The van der Waals surface area contributed by atoms with E-state index in [1.54, 1.807) is 6.20 Å². The van der Waals surface area contributed by atoms with Gasteiger partial charge < -0.3 is 11.1 Å². The van der Waals surface area contributed by atoms with Gasteiger partial charge in [0.25, 0.3) is 0 Å². The summed E-state index contributed by atoms with van der Waals surface area (Å²) in [5, 5.41) is 14.4. The molecule has 3 heterocycles. The van der Waals surface area contributed by atoms with E-state index in [4.69, 9.17) is 17.3 Å². The zero-order chi connectivity index (χ0) is 10.4. The fourth-order valence-electron chi connectivity index (χ4n) is 1.74. The number of anilines is 2. The summed E-state index contributed by atoms with van der Waals surface area (Å²) < 4.78 is 1.89. The summed E-state index contributed by atoms with van der Waals surface area (Å²) in [5.74, 6) is 0.960. The molecule has 0 unspecified atom stereocenters. The van der Waals surface area contributed by atoms with Crippen LogP contribution in [0.5, 0.6) is 0 Å². The van der Waals surface area contributed by atoms with Gasteiger partial charge in [-0.2, -0.15) is 10.2 Å². The Morgan fingerprint density at radius 1 is 1.53 bits per heavy atom. The Morgan fingerprint density at radius 3 is 3.13 bits per heavy atom. The zero-order valence-electron chi connectivity index (χ0n) is 7.79. The molecule has 0 amide bonds. The summed E-state index contributed by atoms with van der Waals surface area (Å²) >= 11 is 5.78. The van der Waals surface area contributed by atoms with E-state index < -0.39 is 0 Å². The number of aromatic nitrogens is 4. The summed E-state index contributed by atoms with van der Waals surface area (Å²) in [6.07, 6.45) is 1.75. The van der Waals surface area contributed by atoms with Gasteiger partial charge in [0.2, 0.25) is 0 Å². The maximum atomic E-state index is 5.80. The maximum absolute atomic E-state index is 5.80. The van der Waals surface area contributed by atoms with Crippen LogP contribution in [0.2, 0.25) is 5.15 Å². The van der Waals surface area contributed by atoms with E-state index in [0.717, 1.165) is 30.2 Å². The molecule has 1 aliphatic heterocycles. The average molecular weight is 225 g/mol. The molecule has 2 aromatic rings. The number of aromatic amines is 1. The van der Waals surface area contributed by atoms with E-state index >= 15 is 0 Å². The van der Waals surface area contributed by atoms with Crippen molar-refractivity contribution in [2.75, 3.05) is 17.6 Å². The highest BCUT2D eigenvalue weighted by molar-refractivity contribution is 6.32. The van der Waals surface area contributed by atoms with Crippen molar-refractivity contribution in [2.24, 2.45) is 0 Å². The summed E-state index contributed by atoms with van der Waals surface area (Å²) in [6, 6.07) is 0. The third-order valence-corrected chi connectivity index (χ3v) is 2.77. The molecule has 0 radical (unpaired) electrons. The second kappa shape index (κ2) is 2.90. The van der Waals surface area contributed by atoms with E-state index in [2.05, 4.69) is 20.6 Å². The van der Waals surface area contributed by atoms with Gasteiger partial charge in [-0.25, -0.2) is 4.68 Å². The normalized spacial score (nSPS) is 13.9. The van der Waals surface area contributed by atoms with Crippen molar-refractivity contribution in [1.82, 2.24) is 20.0 Å². The summed E-state index contributed by atoms with van der Waals surface area (Å²) in [4.78, 5) is 0. The van der Waals surface area contributed by atoms with Gasteiger partial charge >= 0.3 is 0 Å². The van der Waals surface area contributed by atoms with Gasteiger partial charge in [0.15, 0.2) is 5.15 Å². The number of nitrogen functional groups attached to an aromatic ring is 1. The second-order valence-electron chi connectivity index (χ2n) is 3.36. The largest absolute Gasteiger partial charge is 0.394 e. The highest BCUT2D eigenvalue weighted by Crippen LogP contribution is 2.34. The standard InChI is InChI=1S/C8H9ClN6/c9-7-5(10)6(13-14-7)4-3-12-15-2-1-11-8(4)15/h3,11H,1-2,10H2,(H,13,14). The summed E-state index contributed by atoms with van der Waals surface area (Å²) in [5.41, 5.74) is 7.88. The van der Waals surface area contributed by atoms with Crippen LogP contribution in [0.25, 0.3) is 11.3 Å². The Balaban J connectivity index is 2.17. The van der Waals surface area contributed by atoms with Crippen LogP contribution in [-0.4, -0.2) is 26.5 Å². The highest BCUT2D eigenvalue weighted by atomic mass is 35.5. The van der Waals surface area contributed by atoms with E-state index in [9.17, 15) is 0 Å². The Morgan fingerprint density at radius 2 is 2.40 bits per heavy atom. The Labute approximate surface area is 90.4 Å². The highest BCUT2D eigenvalue weighted by Gasteiger charge is 2.20. The molecule has 2 aromatic heterocycles. The minimum atomic E-state index is 0.294. The lowest BCUT2D eigenvalue weighted by Gasteiger charge is -1.99. The zero-order valence-corrected chi connectivity index (χ0v) is 8.54. The number of halogens is 1. The molecular formula is C8H9ClN6. The van der Waals surface area contributed by atoms with Gasteiger partial charge in [0.1, 0.15) is 5.82 Å². The topological polar surface area (TPSA) is 84.6 Å². The quantitative estimate of drug-likeness (QED) is 0.673. The average Bonchev–Trinajstić information content (AvgIpc) is 2.85. The number of nitrogens with one attached hydrogen (secondary N) is 2. The minimum absolute atomic E-state index is 0.294. The summed E-state index contributed by atoms with van der Waals surface area (Å²) in [6.45, 7) is 1.76. The number of nitrogens with zero attached hydrogens (tertiary/aromatic N) is 3. The monoisotopic (exact) mass is 224 g/mol. The molecule has 0 aromatic carbocycles. The lowest BCUT2D eigenvalue weighted by molar-refractivity contribution is 0.696. The lowest BCUT2D eigenvalue weighted by Crippen LogP contribution is -1.95. The second-order valence-corrected chi connectivity index (χ2v) is 3.72. The molecule has 0 saturated heterocycles. The molecule has 4 N–H and O–H groups in total. The SMILES string of the molecule is Nc1c(Cl)n[nH]c1-c1cnn2c1NCC2. The van der Waals surface area contributed by atoms with Crippen molar-refractivity contribution < 1.29 is 0 Å². The Hall–Kier alpha value is -1.69. The van der Waals surface area contributed by atoms with Gasteiger partial charge in [-0.15, -0.1) is 0 Å². The fourth-order valence-corrected chi connectivity index (χ4v) is 1.88. The molecule has 7 heteroatoms. The van der Waals surface area contributed by atoms with Gasteiger partial charge in [-0.05, 0) is 0 Å². The van der Waals surface area contributed by atoms with Crippen molar-refractivity contribution in [1.29, 1.82) is 0 Å². The predicted molar refractivity (Wildman–Crippen MR) is 57.7 cm³/mol. The molecule has 15 heavy (non-hydrogen) atoms. The molecule has 0 spiro atoms. The van der Waals surface area contributed by atoms with Crippen molar-refractivity contribution >= 4 is 23.1 Å². The first-order valence-corrected chi connectivity index (χ1v) is 4.94. The lowest BCUT2D eigenvalue weighted by atomic mass is 10.2. The minimum Gasteiger partial charge on any atom is -0.394 e. The van der Waals surface area contributed by atoms with Crippen molar-refractivity contribution in [3.63, 3.8) is 0 Å². The van der Waals surface area contributed by atoms with Crippen molar-refractivity contribution in [3.8, 4) is 11.3 Å². The fraction of sp³-hybridized carbons (Fsp3) is 0.250. The molecule has 3 rings (SSSR count). The van der Waals surface area contributed by atoms with Gasteiger partial charge in [-0.1, -0.05) is 11.6 Å². The predicted octanol–water partition coefficient (Wildman–Crippen LogP) is 0.934. The van der Waals surface area contributed by atoms with Crippen LogP contribution in [0.1, 0.15) is 0 Å². The van der Waals surface area contributed by atoms with Crippen LogP contribution in [-0.2, 0) is 6.54 Å². The number of nitrogens with two attached hydrogens (primary N) is 1. The first-order valence-electron chi connectivity index (χ1n) is 4.57. The molecule has 0 fully saturated rings. The van der Waals surface area contributed by atoms with Crippen LogP contribution >= 0.6 is 11.6 Å². The van der Waals surface area contributed by atoms with Crippen LogP contribution in [0.4, 0.5) is 11.5 Å². The third-order valence-electron chi connectivity index (χ3n) is 2.48. The van der Waals surface area contributed by atoms with Crippen LogP contribution in [0.15, 0.2) is 6.20 Å². The van der Waals surface area contributed by atoms with E-state index in [1.807, 2.05) is 4.68 Å². The van der Waals surface area contributed by atoms with Gasteiger partial charge in [0.05, 0.1) is 29.7 Å². The number of hydrogen-bond donors (Lipinski definition) is 3. The van der Waals surface area contributed by atoms with E-state index in [1.165, 1.54) is 0 Å². The smallest absolute Gasteiger partial charge is 0.174 e. The molecule has 1 aliphatic rings. The van der Waals surface area contributed by atoms with Crippen molar-refractivity contribution in [2.45, 2.75) is 6.54 Å². The van der Waals surface area contributed by atoms with Crippen LogP contribution in [0, 0.1) is 0 Å². The summed E-state index contributed by atoms with van der Waals surface area (Å²) in [7, 11) is 0. The van der Waals surface area contributed by atoms with Crippen molar-refractivity contribution in [3.05, 3.63) is 11.3 Å². The molecule has 0 aliphatic carbocycles. The molecule has 0 atom stereocenters. The van der Waals surface area contributed by atoms with E-state index in [0.29, 0.717) is 10.8 Å². The molecule has 0 saturated carbocycles. The molecule has 0 bridgehead atoms. The van der Waals surface area contributed by atoms with Crippen LogP contribution < -0.4 is 11.1 Å². The van der Waals surface area contributed by atoms with Gasteiger partial charge in [0, 0.05) is 6.54 Å². The van der Waals surface area contributed by atoms with E-state index in [-0.39, 0.29) is 0 Å². The Kier molecular flexibility index (Phi) is 1.66. The third kappa shape index (κ3) is 1.11. The number of hydrogen-bond acceptors (Lipinski definition) is 4. The number of rotatable bonds is 1. The molecule has 78 valence electrons. The number of fused-ring (bicyclic) bond motifs is 1.